The van der Waals surface area contributed by atoms with Gasteiger partial charge in [0.1, 0.15) is 5.75 Å². The number of fused-ring (bicyclic) bond motifs is 1. The number of sulfonamides is 1. The Morgan fingerprint density at radius 2 is 1.88 bits per heavy atom. The minimum atomic E-state index is -3.74. The Balaban J connectivity index is 1.60. The van der Waals surface area contributed by atoms with Gasteiger partial charge in [-0.05, 0) is 41.8 Å². The van der Waals surface area contributed by atoms with E-state index in [2.05, 4.69) is 0 Å². The standard InChI is InChI=1S/C18H20N2O4S/c19-25(22,23)17-7-6-14-8-10-20(13-15(14)12-17)18(21)9-11-24-16-4-2-1-3-5-16/h1-7,12H,8-11,13H2,(H2,19,22,23). The normalized spacial score (nSPS) is 14.0. The SMILES string of the molecule is NS(=O)(=O)c1ccc2c(c1)CN(C(=O)CCOc1ccccc1)CC2. The van der Waals surface area contributed by atoms with E-state index in [-0.39, 0.29) is 17.2 Å². The largest absolute Gasteiger partial charge is 0.493 e. The average molecular weight is 360 g/mol. The third kappa shape index (κ3) is 4.37. The highest BCUT2D eigenvalue weighted by molar-refractivity contribution is 7.89. The molecule has 0 spiro atoms. The second-order valence-electron chi connectivity index (χ2n) is 5.95. The van der Waals surface area contributed by atoms with E-state index >= 15 is 0 Å². The van der Waals surface area contributed by atoms with Crippen LogP contribution in [0.5, 0.6) is 5.75 Å². The molecule has 0 unspecified atom stereocenters. The first-order chi connectivity index (χ1) is 11.9. The van der Waals surface area contributed by atoms with E-state index in [1.54, 1.807) is 17.0 Å². The second-order valence-corrected chi connectivity index (χ2v) is 7.51. The van der Waals surface area contributed by atoms with E-state index in [0.29, 0.717) is 26.1 Å². The fourth-order valence-corrected chi connectivity index (χ4v) is 3.42. The molecule has 0 radical (unpaired) electrons. The first kappa shape index (κ1) is 17.4. The van der Waals surface area contributed by atoms with Gasteiger partial charge in [-0.15, -0.1) is 0 Å². The molecule has 0 bridgehead atoms. The molecule has 3 rings (SSSR count). The molecule has 6 nitrogen and oxygen atoms in total. The van der Waals surface area contributed by atoms with Gasteiger partial charge in [-0.2, -0.15) is 0 Å². The molecule has 0 aromatic heterocycles. The molecule has 7 heteroatoms. The number of carbonyl (C=O) groups excluding carboxylic acids is 1. The Morgan fingerprint density at radius 1 is 1.12 bits per heavy atom. The van der Waals surface area contributed by atoms with Gasteiger partial charge in [0.2, 0.25) is 15.9 Å². The molecule has 1 aliphatic heterocycles. The van der Waals surface area contributed by atoms with Crippen LogP contribution < -0.4 is 9.88 Å². The van der Waals surface area contributed by atoms with Gasteiger partial charge in [-0.1, -0.05) is 24.3 Å². The van der Waals surface area contributed by atoms with Crippen LogP contribution in [0.25, 0.3) is 0 Å². The summed E-state index contributed by atoms with van der Waals surface area (Å²) in [5.41, 5.74) is 1.88. The molecule has 0 aliphatic carbocycles. The van der Waals surface area contributed by atoms with Gasteiger partial charge in [0.05, 0.1) is 17.9 Å². The van der Waals surface area contributed by atoms with Crippen LogP contribution in [0.2, 0.25) is 0 Å². The van der Waals surface area contributed by atoms with E-state index in [4.69, 9.17) is 9.88 Å². The van der Waals surface area contributed by atoms with Gasteiger partial charge in [-0.25, -0.2) is 13.6 Å². The van der Waals surface area contributed by atoms with Crippen molar-refractivity contribution in [1.82, 2.24) is 4.90 Å². The maximum absolute atomic E-state index is 12.4. The van der Waals surface area contributed by atoms with Crippen molar-refractivity contribution >= 4 is 15.9 Å². The minimum Gasteiger partial charge on any atom is -0.493 e. The van der Waals surface area contributed by atoms with Crippen LogP contribution in [-0.4, -0.2) is 32.4 Å². The molecule has 0 fully saturated rings. The van der Waals surface area contributed by atoms with Crippen LogP contribution >= 0.6 is 0 Å². The number of rotatable bonds is 5. The molecule has 2 aromatic carbocycles. The first-order valence-electron chi connectivity index (χ1n) is 8.04. The summed E-state index contributed by atoms with van der Waals surface area (Å²) in [5, 5.41) is 5.18. The summed E-state index contributed by atoms with van der Waals surface area (Å²) in [7, 11) is -3.74. The summed E-state index contributed by atoms with van der Waals surface area (Å²) in [4.78, 5) is 14.2. The Morgan fingerprint density at radius 3 is 2.60 bits per heavy atom. The number of benzene rings is 2. The summed E-state index contributed by atoms with van der Waals surface area (Å²) >= 11 is 0. The first-order valence-corrected chi connectivity index (χ1v) is 9.58. The zero-order valence-electron chi connectivity index (χ0n) is 13.7. The lowest BCUT2D eigenvalue weighted by Crippen LogP contribution is -2.36. The van der Waals surface area contributed by atoms with Crippen molar-refractivity contribution in [2.45, 2.75) is 24.3 Å². The fourth-order valence-electron chi connectivity index (χ4n) is 2.85. The number of carbonyl (C=O) groups is 1. The van der Waals surface area contributed by atoms with E-state index in [1.807, 2.05) is 30.3 Å². The van der Waals surface area contributed by atoms with Crippen LogP contribution in [0.3, 0.4) is 0 Å². The molecule has 0 atom stereocenters. The molecule has 25 heavy (non-hydrogen) atoms. The number of hydrogen-bond acceptors (Lipinski definition) is 4. The molecule has 0 saturated carbocycles. The van der Waals surface area contributed by atoms with Crippen molar-refractivity contribution in [1.29, 1.82) is 0 Å². The van der Waals surface area contributed by atoms with Gasteiger partial charge < -0.3 is 9.64 Å². The predicted octanol–water partition coefficient (Wildman–Crippen LogP) is 1.69. The van der Waals surface area contributed by atoms with Crippen LogP contribution in [0.15, 0.2) is 53.4 Å². The average Bonchev–Trinajstić information content (AvgIpc) is 2.61. The highest BCUT2D eigenvalue weighted by Crippen LogP contribution is 2.22. The number of nitrogens with two attached hydrogens (primary N) is 1. The fraction of sp³-hybridized carbons (Fsp3) is 0.278. The van der Waals surface area contributed by atoms with E-state index in [9.17, 15) is 13.2 Å². The number of hydrogen-bond donors (Lipinski definition) is 1. The third-order valence-corrected chi connectivity index (χ3v) is 5.11. The van der Waals surface area contributed by atoms with Crippen molar-refractivity contribution < 1.29 is 17.9 Å². The zero-order valence-corrected chi connectivity index (χ0v) is 14.5. The van der Waals surface area contributed by atoms with Gasteiger partial charge in [0, 0.05) is 13.1 Å². The van der Waals surface area contributed by atoms with Crippen LogP contribution in [0.1, 0.15) is 17.5 Å². The monoisotopic (exact) mass is 360 g/mol. The van der Waals surface area contributed by atoms with Crippen molar-refractivity contribution in [2.24, 2.45) is 5.14 Å². The molecular weight excluding hydrogens is 340 g/mol. The molecule has 1 amide bonds. The topological polar surface area (TPSA) is 89.7 Å². The lowest BCUT2D eigenvalue weighted by molar-refractivity contribution is -0.132. The van der Waals surface area contributed by atoms with Crippen molar-refractivity contribution in [3.63, 3.8) is 0 Å². The van der Waals surface area contributed by atoms with Gasteiger partial charge in [0.15, 0.2) is 0 Å². The van der Waals surface area contributed by atoms with Crippen molar-refractivity contribution in [3.8, 4) is 5.75 Å². The third-order valence-electron chi connectivity index (χ3n) is 4.20. The quantitative estimate of drug-likeness (QED) is 0.878. The summed E-state index contributed by atoms with van der Waals surface area (Å²) in [6.45, 7) is 1.32. The van der Waals surface area contributed by atoms with Gasteiger partial charge in [-0.3, -0.25) is 4.79 Å². The maximum atomic E-state index is 12.4. The number of para-hydroxylation sites is 1. The Hall–Kier alpha value is -2.38. The molecule has 1 aliphatic rings. The minimum absolute atomic E-state index is 0.0115. The Bertz CT molecular complexity index is 866. The summed E-state index contributed by atoms with van der Waals surface area (Å²) in [5.74, 6) is 0.722. The second kappa shape index (κ2) is 7.25. The zero-order chi connectivity index (χ0) is 17.9. The summed E-state index contributed by atoms with van der Waals surface area (Å²) < 4.78 is 28.5. The van der Waals surface area contributed by atoms with Gasteiger partial charge in [0.25, 0.3) is 0 Å². The van der Waals surface area contributed by atoms with E-state index in [0.717, 1.165) is 16.9 Å². The lowest BCUT2D eigenvalue weighted by atomic mass is 10.00. The van der Waals surface area contributed by atoms with Crippen molar-refractivity contribution in [2.75, 3.05) is 13.2 Å². The number of nitrogens with zero attached hydrogens (tertiary/aromatic N) is 1. The molecule has 1 heterocycles. The maximum Gasteiger partial charge on any atom is 0.238 e. The van der Waals surface area contributed by atoms with Crippen LogP contribution in [-0.2, 0) is 27.8 Å². The van der Waals surface area contributed by atoms with E-state index in [1.165, 1.54) is 6.07 Å². The van der Waals surface area contributed by atoms with Crippen LogP contribution in [0.4, 0.5) is 0 Å². The Kier molecular flexibility index (Phi) is 5.06. The molecule has 2 aromatic rings. The number of primary sulfonamides is 1. The summed E-state index contributed by atoms with van der Waals surface area (Å²) in [6.07, 6.45) is 0.977. The summed E-state index contributed by atoms with van der Waals surface area (Å²) in [6, 6.07) is 14.2. The van der Waals surface area contributed by atoms with Gasteiger partial charge >= 0.3 is 0 Å². The Labute approximate surface area is 147 Å². The highest BCUT2D eigenvalue weighted by Gasteiger charge is 2.22. The highest BCUT2D eigenvalue weighted by atomic mass is 32.2. The smallest absolute Gasteiger partial charge is 0.238 e. The molecule has 132 valence electrons. The lowest BCUT2D eigenvalue weighted by Gasteiger charge is -2.29. The van der Waals surface area contributed by atoms with E-state index < -0.39 is 10.0 Å². The molecular formula is C18H20N2O4S. The number of amides is 1. The molecule has 0 saturated heterocycles. The number of ether oxygens (including phenoxy) is 1. The van der Waals surface area contributed by atoms with Crippen LogP contribution in [0, 0.1) is 0 Å². The van der Waals surface area contributed by atoms with Crippen molar-refractivity contribution in [3.05, 3.63) is 59.7 Å². The molecule has 2 N–H and O–H groups in total. The predicted molar refractivity (Wildman–Crippen MR) is 93.5 cm³/mol.